The molecule has 0 aromatic rings. The van der Waals surface area contributed by atoms with Gasteiger partial charge in [0.05, 0.1) is 12.0 Å². The van der Waals surface area contributed by atoms with Gasteiger partial charge in [0, 0.05) is 0 Å². The fourth-order valence-corrected chi connectivity index (χ4v) is 3.61. The van der Waals surface area contributed by atoms with Gasteiger partial charge in [-0.25, -0.2) is 0 Å². The van der Waals surface area contributed by atoms with Crippen molar-refractivity contribution in [3.05, 3.63) is 23.5 Å². The van der Waals surface area contributed by atoms with Gasteiger partial charge in [-0.1, -0.05) is 19.9 Å². The molecular weight excluding hydrogens is 224 g/mol. The molecule has 0 N–H and O–H groups in total. The summed E-state index contributed by atoms with van der Waals surface area (Å²) in [6.45, 7) is 4.55. The van der Waals surface area contributed by atoms with Crippen molar-refractivity contribution in [2.24, 2.45) is 11.8 Å². The summed E-state index contributed by atoms with van der Waals surface area (Å²) in [7, 11) is 0. The summed E-state index contributed by atoms with van der Waals surface area (Å²) in [5, 5.41) is 0. The standard InChI is InChI=1S/C16H22O2/c1-11(2)12-7-8-16(9-12)10-14(17)13-5-3-4-6-15(13)18-16/h5-6,11-12H,3-4,7-10H2,1-2H3. The topological polar surface area (TPSA) is 26.3 Å². The maximum Gasteiger partial charge on any atom is 0.170 e. The number of fused-ring (bicyclic) bond motifs is 1. The Balaban J connectivity index is 1.82. The van der Waals surface area contributed by atoms with E-state index < -0.39 is 0 Å². The SMILES string of the molecule is CC(C)C1CCC2(CC(=O)C3=CCCC=C3O2)C1. The highest BCUT2D eigenvalue weighted by molar-refractivity contribution is 6.00. The minimum absolute atomic E-state index is 0.174. The summed E-state index contributed by atoms with van der Waals surface area (Å²) >= 11 is 0. The highest BCUT2D eigenvalue weighted by Gasteiger charge is 2.47. The summed E-state index contributed by atoms with van der Waals surface area (Å²) in [6.07, 6.45) is 10.1. The predicted molar refractivity (Wildman–Crippen MR) is 71.0 cm³/mol. The number of Topliss-reactive ketones (excluding diaryl/α,β-unsaturated/α-hetero) is 1. The second-order valence-electron chi connectivity index (χ2n) is 6.40. The third-order valence-electron chi connectivity index (χ3n) is 4.77. The van der Waals surface area contributed by atoms with E-state index in [1.54, 1.807) is 0 Å². The molecule has 1 saturated heterocycles. The Labute approximate surface area is 109 Å². The zero-order chi connectivity index (χ0) is 12.8. The number of ketones is 1. The Morgan fingerprint density at radius 3 is 2.83 bits per heavy atom. The van der Waals surface area contributed by atoms with Crippen LogP contribution in [-0.4, -0.2) is 11.4 Å². The molecular formula is C16H22O2. The van der Waals surface area contributed by atoms with Crippen LogP contribution in [0.15, 0.2) is 23.5 Å². The fraction of sp³-hybridized carbons (Fsp3) is 0.688. The maximum atomic E-state index is 12.3. The lowest BCUT2D eigenvalue weighted by Gasteiger charge is -2.37. The lowest BCUT2D eigenvalue weighted by atomic mass is 9.84. The fourth-order valence-electron chi connectivity index (χ4n) is 3.61. The summed E-state index contributed by atoms with van der Waals surface area (Å²) in [5.41, 5.74) is 0.673. The van der Waals surface area contributed by atoms with E-state index in [1.807, 2.05) is 0 Å². The Morgan fingerprint density at radius 2 is 2.11 bits per heavy atom. The Kier molecular flexibility index (Phi) is 2.84. The van der Waals surface area contributed by atoms with Crippen molar-refractivity contribution in [3.8, 4) is 0 Å². The second-order valence-corrected chi connectivity index (χ2v) is 6.40. The molecule has 18 heavy (non-hydrogen) atoms. The minimum Gasteiger partial charge on any atom is -0.486 e. The Morgan fingerprint density at radius 1 is 1.33 bits per heavy atom. The monoisotopic (exact) mass is 246 g/mol. The number of carbonyl (C=O) groups is 1. The van der Waals surface area contributed by atoms with Crippen LogP contribution in [0.3, 0.4) is 0 Å². The molecule has 2 atom stereocenters. The third-order valence-corrected chi connectivity index (χ3v) is 4.77. The van der Waals surface area contributed by atoms with E-state index in [-0.39, 0.29) is 5.60 Å². The lowest BCUT2D eigenvalue weighted by molar-refractivity contribution is -0.125. The van der Waals surface area contributed by atoms with Crippen LogP contribution >= 0.6 is 0 Å². The van der Waals surface area contributed by atoms with Crippen molar-refractivity contribution in [3.63, 3.8) is 0 Å². The first kappa shape index (κ1) is 12.0. The molecule has 0 bridgehead atoms. The van der Waals surface area contributed by atoms with E-state index in [0.717, 1.165) is 37.0 Å². The first-order chi connectivity index (χ1) is 8.60. The number of carbonyl (C=O) groups excluding carboxylic acids is 1. The number of rotatable bonds is 1. The Bertz CT molecular complexity index is 430. The van der Waals surface area contributed by atoms with Crippen molar-refractivity contribution in [2.45, 2.75) is 58.0 Å². The number of hydrogen-bond acceptors (Lipinski definition) is 2. The molecule has 98 valence electrons. The van der Waals surface area contributed by atoms with Crippen LogP contribution in [0.1, 0.15) is 52.4 Å². The van der Waals surface area contributed by atoms with Crippen molar-refractivity contribution < 1.29 is 9.53 Å². The molecule has 2 heteroatoms. The van der Waals surface area contributed by atoms with E-state index in [1.165, 1.54) is 6.42 Å². The summed E-state index contributed by atoms with van der Waals surface area (Å²) in [5.74, 6) is 2.59. The highest BCUT2D eigenvalue weighted by atomic mass is 16.5. The van der Waals surface area contributed by atoms with Crippen LogP contribution in [0.25, 0.3) is 0 Å². The van der Waals surface area contributed by atoms with Gasteiger partial charge < -0.3 is 4.74 Å². The predicted octanol–water partition coefficient (Wildman–Crippen LogP) is 3.77. The number of hydrogen-bond donors (Lipinski definition) is 0. The van der Waals surface area contributed by atoms with E-state index in [4.69, 9.17) is 4.74 Å². The molecule has 2 aliphatic carbocycles. The number of ether oxygens (including phenoxy) is 1. The molecule has 2 unspecified atom stereocenters. The normalized spacial score (nSPS) is 35.3. The number of allylic oxidation sites excluding steroid dienone is 3. The van der Waals surface area contributed by atoms with Crippen molar-refractivity contribution >= 4 is 5.78 Å². The van der Waals surface area contributed by atoms with Gasteiger partial charge in [0.25, 0.3) is 0 Å². The summed E-state index contributed by atoms with van der Waals surface area (Å²) in [6, 6.07) is 0. The molecule has 0 radical (unpaired) electrons. The van der Waals surface area contributed by atoms with Gasteiger partial charge in [0.2, 0.25) is 0 Å². The first-order valence-electron chi connectivity index (χ1n) is 7.22. The zero-order valence-electron chi connectivity index (χ0n) is 11.4. The zero-order valence-corrected chi connectivity index (χ0v) is 11.4. The molecule has 1 aliphatic heterocycles. The molecule has 0 aromatic carbocycles. The average Bonchev–Trinajstić information content (AvgIpc) is 2.73. The van der Waals surface area contributed by atoms with Crippen LogP contribution in [0.4, 0.5) is 0 Å². The molecule has 2 nitrogen and oxygen atoms in total. The van der Waals surface area contributed by atoms with Gasteiger partial charge in [-0.15, -0.1) is 0 Å². The summed E-state index contributed by atoms with van der Waals surface area (Å²) < 4.78 is 6.26. The van der Waals surface area contributed by atoms with Crippen LogP contribution in [0.2, 0.25) is 0 Å². The van der Waals surface area contributed by atoms with Gasteiger partial charge in [-0.3, -0.25) is 4.79 Å². The van der Waals surface area contributed by atoms with Crippen LogP contribution < -0.4 is 0 Å². The summed E-state index contributed by atoms with van der Waals surface area (Å²) in [4.78, 5) is 12.3. The van der Waals surface area contributed by atoms with Gasteiger partial charge in [0.15, 0.2) is 5.78 Å². The average molecular weight is 246 g/mol. The molecule has 3 aliphatic rings. The maximum absolute atomic E-state index is 12.3. The van der Waals surface area contributed by atoms with Crippen molar-refractivity contribution in [1.82, 2.24) is 0 Å². The van der Waals surface area contributed by atoms with Gasteiger partial charge >= 0.3 is 0 Å². The largest absolute Gasteiger partial charge is 0.486 e. The molecule has 0 aromatic heterocycles. The van der Waals surface area contributed by atoms with Crippen LogP contribution in [-0.2, 0) is 9.53 Å². The first-order valence-corrected chi connectivity index (χ1v) is 7.22. The molecule has 0 amide bonds. The minimum atomic E-state index is -0.174. The second kappa shape index (κ2) is 4.25. The van der Waals surface area contributed by atoms with Crippen LogP contribution in [0, 0.1) is 11.8 Å². The van der Waals surface area contributed by atoms with E-state index >= 15 is 0 Å². The van der Waals surface area contributed by atoms with Gasteiger partial charge in [-0.2, -0.15) is 0 Å². The highest BCUT2D eigenvalue weighted by Crippen LogP contribution is 2.48. The van der Waals surface area contributed by atoms with Gasteiger partial charge in [0.1, 0.15) is 11.4 Å². The molecule has 1 saturated carbocycles. The smallest absolute Gasteiger partial charge is 0.170 e. The molecule has 2 fully saturated rings. The van der Waals surface area contributed by atoms with Crippen molar-refractivity contribution in [1.29, 1.82) is 0 Å². The van der Waals surface area contributed by atoms with Crippen LogP contribution in [0.5, 0.6) is 0 Å². The van der Waals surface area contributed by atoms with E-state index in [2.05, 4.69) is 26.0 Å². The lowest BCUT2D eigenvalue weighted by Crippen LogP contribution is -2.38. The van der Waals surface area contributed by atoms with E-state index in [9.17, 15) is 4.79 Å². The van der Waals surface area contributed by atoms with Gasteiger partial charge in [-0.05, 0) is 50.0 Å². The third kappa shape index (κ3) is 1.92. The molecule has 1 heterocycles. The van der Waals surface area contributed by atoms with E-state index in [0.29, 0.717) is 24.0 Å². The molecule has 3 rings (SSSR count). The quantitative estimate of drug-likeness (QED) is 0.704. The molecule has 1 spiro atoms. The Hall–Kier alpha value is -1.05. The van der Waals surface area contributed by atoms with Crippen molar-refractivity contribution in [2.75, 3.05) is 0 Å².